The van der Waals surface area contributed by atoms with Gasteiger partial charge in [-0.3, -0.25) is 4.79 Å². The molecule has 1 fully saturated rings. The van der Waals surface area contributed by atoms with E-state index in [1.54, 1.807) is 19.1 Å². The molecule has 1 aromatic carbocycles. The molecule has 98 valence electrons. The van der Waals surface area contributed by atoms with Gasteiger partial charge < -0.3 is 5.11 Å². The SMILES string of the molecule is CC(C(=O)O)c1ccc(C2CCCCC2)c(F)c1. The molecule has 0 saturated heterocycles. The van der Waals surface area contributed by atoms with E-state index in [9.17, 15) is 9.18 Å². The Bertz CT molecular complexity index is 436. The van der Waals surface area contributed by atoms with Crippen molar-refractivity contribution in [1.82, 2.24) is 0 Å². The van der Waals surface area contributed by atoms with E-state index in [1.807, 2.05) is 0 Å². The van der Waals surface area contributed by atoms with E-state index in [0.717, 1.165) is 31.2 Å². The molecule has 2 rings (SSSR count). The van der Waals surface area contributed by atoms with Crippen molar-refractivity contribution in [2.75, 3.05) is 0 Å². The molecule has 1 aliphatic carbocycles. The zero-order valence-corrected chi connectivity index (χ0v) is 10.7. The van der Waals surface area contributed by atoms with Crippen molar-refractivity contribution in [3.8, 4) is 0 Å². The van der Waals surface area contributed by atoms with Crippen molar-refractivity contribution in [3.05, 3.63) is 35.1 Å². The van der Waals surface area contributed by atoms with E-state index < -0.39 is 11.9 Å². The van der Waals surface area contributed by atoms with Crippen molar-refractivity contribution >= 4 is 5.97 Å². The lowest BCUT2D eigenvalue weighted by Gasteiger charge is -2.23. The molecule has 2 nitrogen and oxygen atoms in total. The van der Waals surface area contributed by atoms with Crippen LogP contribution in [0.25, 0.3) is 0 Å². The molecular formula is C15H19FO2. The Morgan fingerprint density at radius 1 is 1.33 bits per heavy atom. The highest BCUT2D eigenvalue weighted by Gasteiger charge is 2.21. The van der Waals surface area contributed by atoms with Crippen LogP contribution in [0.2, 0.25) is 0 Å². The minimum Gasteiger partial charge on any atom is -0.481 e. The van der Waals surface area contributed by atoms with Gasteiger partial charge in [-0.25, -0.2) is 4.39 Å². The third-order valence-corrected chi connectivity index (χ3v) is 3.94. The van der Waals surface area contributed by atoms with E-state index in [0.29, 0.717) is 11.5 Å². The maximum atomic E-state index is 14.1. The lowest BCUT2D eigenvalue weighted by Crippen LogP contribution is -2.10. The van der Waals surface area contributed by atoms with Crippen molar-refractivity contribution in [2.45, 2.75) is 50.9 Å². The largest absolute Gasteiger partial charge is 0.481 e. The first-order chi connectivity index (χ1) is 8.59. The van der Waals surface area contributed by atoms with Gasteiger partial charge in [0.1, 0.15) is 5.82 Å². The summed E-state index contributed by atoms with van der Waals surface area (Å²) < 4.78 is 14.1. The molecule has 3 heteroatoms. The fourth-order valence-electron chi connectivity index (χ4n) is 2.70. The molecule has 1 atom stereocenters. The topological polar surface area (TPSA) is 37.3 Å². The van der Waals surface area contributed by atoms with E-state index in [4.69, 9.17) is 5.11 Å². The quantitative estimate of drug-likeness (QED) is 0.878. The molecule has 1 aromatic rings. The van der Waals surface area contributed by atoms with Crippen LogP contribution in [-0.4, -0.2) is 11.1 Å². The fourth-order valence-corrected chi connectivity index (χ4v) is 2.70. The number of rotatable bonds is 3. The first-order valence-electron chi connectivity index (χ1n) is 6.61. The lowest BCUT2D eigenvalue weighted by atomic mass is 9.83. The van der Waals surface area contributed by atoms with E-state index in [2.05, 4.69) is 0 Å². The Morgan fingerprint density at radius 3 is 2.56 bits per heavy atom. The summed E-state index contributed by atoms with van der Waals surface area (Å²) in [4.78, 5) is 10.9. The summed E-state index contributed by atoms with van der Waals surface area (Å²) in [5, 5.41) is 8.92. The second kappa shape index (κ2) is 5.51. The van der Waals surface area contributed by atoms with Gasteiger partial charge in [-0.1, -0.05) is 31.4 Å². The van der Waals surface area contributed by atoms with Crippen molar-refractivity contribution in [1.29, 1.82) is 0 Å². The maximum Gasteiger partial charge on any atom is 0.310 e. The number of carboxylic acid groups (broad SMARTS) is 1. The van der Waals surface area contributed by atoms with E-state index >= 15 is 0 Å². The van der Waals surface area contributed by atoms with Gasteiger partial charge in [-0.2, -0.15) is 0 Å². The average Bonchev–Trinajstić information content (AvgIpc) is 2.38. The summed E-state index contributed by atoms with van der Waals surface area (Å²) >= 11 is 0. The van der Waals surface area contributed by atoms with Gasteiger partial charge in [0.2, 0.25) is 0 Å². The predicted octanol–water partition coefficient (Wildman–Crippen LogP) is 4.06. The van der Waals surface area contributed by atoms with Crippen molar-refractivity contribution in [2.24, 2.45) is 0 Å². The molecular weight excluding hydrogens is 231 g/mol. The summed E-state index contributed by atoms with van der Waals surface area (Å²) in [6.07, 6.45) is 5.66. The molecule has 0 radical (unpaired) electrons. The Kier molecular flexibility index (Phi) is 4.00. The molecule has 0 heterocycles. The zero-order chi connectivity index (χ0) is 13.1. The third kappa shape index (κ3) is 2.71. The summed E-state index contributed by atoms with van der Waals surface area (Å²) in [7, 11) is 0. The standard InChI is InChI=1S/C15H19FO2/c1-10(15(17)18)12-7-8-13(14(16)9-12)11-5-3-2-4-6-11/h7-11H,2-6H2,1H3,(H,17,18). The monoisotopic (exact) mass is 250 g/mol. The molecule has 18 heavy (non-hydrogen) atoms. The summed E-state index contributed by atoms with van der Waals surface area (Å²) in [5.74, 6) is -1.50. The first-order valence-corrected chi connectivity index (χ1v) is 6.61. The normalized spacial score (nSPS) is 18.6. The molecule has 1 N–H and O–H groups in total. The second-order valence-electron chi connectivity index (χ2n) is 5.18. The highest BCUT2D eigenvalue weighted by atomic mass is 19.1. The molecule has 1 aliphatic rings. The number of carboxylic acids is 1. The number of hydrogen-bond donors (Lipinski definition) is 1. The fraction of sp³-hybridized carbons (Fsp3) is 0.533. The van der Waals surface area contributed by atoms with Crippen LogP contribution in [0.1, 0.15) is 62.0 Å². The number of aliphatic carboxylic acids is 1. The van der Waals surface area contributed by atoms with Crippen LogP contribution in [0.4, 0.5) is 4.39 Å². The smallest absolute Gasteiger partial charge is 0.310 e. The Labute approximate surface area is 107 Å². The van der Waals surface area contributed by atoms with Gasteiger partial charge in [0, 0.05) is 0 Å². The number of hydrogen-bond acceptors (Lipinski definition) is 1. The molecule has 0 aromatic heterocycles. The highest BCUT2D eigenvalue weighted by molar-refractivity contribution is 5.75. The highest BCUT2D eigenvalue weighted by Crippen LogP contribution is 2.34. The first kappa shape index (κ1) is 13.1. The Morgan fingerprint density at radius 2 is 2.00 bits per heavy atom. The molecule has 0 aliphatic heterocycles. The third-order valence-electron chi connectivity index (χ3n) is 3.94. The molecule has 1 saturated carbocycles. The second-order valence-corrected chi connectivity index (χ2v) is 5.18. The molecule has 0 bridgehead atoms. The van der Waals surface area contributed by atoms with Crippen LogP contribution in [0, 0.1) is 5.82 Å². The van der Waals surface area contributed by atoms with Crippen LogP contribution in [-0.2, 0) is 4.79 Å². The van der Waals surface area contributed by atoms with Crippen LogP contribution in [0.3, 0.4) is 0 Å². The summed E-state index contributed by atoms with van der Waals surface area (Å²) in [6, 6.07) is 4.93. The van der Waals surface area contributed by atoms with Crippen LogP contribution < -0.4 is 0 Å². The molecule has 1 unspecified atom stereocenters. The lowest BCUT2D eigenvalue weighted by molar-refractivity contribution is -0.138. The number of halogens is 1. The summed E-state index contributed by atoms with van der Waals surface area (Å²) in [5.41, 5.74) is 1.30. The van der Waals surface area contributed by atoms with Gasteiger partial charge in [0.15, 0.2) is 0 Å². The Balaban J connectivity index is 2.21. The van der Waals surface area contributed by atoms with Gasteiger partial charge in [0.05, 0.1) is 5.92 Å². The predicted molar refractivity (Wildman–Crippen MR) is 68.3 cm³/mol. The minimum atomic E-state index is -0.917. The molecule has 0 amide bonds. The van der Waals surface area contributed by atoms with Crippen LogP contribution >= 0.6 is 0 Å². The van der Waals surface area contributed by atoms with E-state index in [-0.39, 0.29) is 5.82 Å². The number of benzene rings is 1. The molecule has 0 spiro atoms. The van der Waals surface area contributed by atoms with Crippen LogP contribution in [0.15, 0.2) is 18.2 Å². The van der Waals surface area contributed by atoms with Crippen molar-refractivity contribution in [3.63, 3.8) is 0 Å². The minimum absolute atomic E-state index is 0.243. The van der Waals surface area contributed by atoms with Gasteiger partial charge in [0.25, 0.3) is 0 Å². The van der Waals surface area contributed by atoms with E-state index in [1.165, 1.54) is 12.5 Å². The number of carbonyl (C=O) groups is 1. The summed E-state index contributed by atoms with van der Waals surface area (Å²) in [6.45, 7) is 1.58. The van der Waals surface area contributed by atoms with Gasteiger partial charge in [-0.05, 0) is 42.9 Å². The Hall–Kier alpha value is -1.38. The van der Waals surface area contributed by atoms with Gasteiger partial charge in [-0.15, -0.1) is 0 Å². The van der Waals surface area contributed by atoms with Gasteiger partial charge >= 0.3 is 5.97 Å². The van der Waals surface area contributed by atoms with Crippen LogP contribution in [0.5, 0.6) is 0 Å². The maximum absolute atomic E-state index is 14.1. The average molecular weight is 250 g/mol. The zero-order valence-electron chi connectivity index (χ0n) is 10.7. The van der Waals surface area contributed by atoms with Crippen molar-refractivity contribution < 1.29 is 14.3 Å².